The number of rotatable bonds is 5. The fourth-order valence-corrected chi connectivity index (χ4v) is 1.97. The van der Waals surface area contributed by atoms with Crippen molar-refractivity contribution < 1.29 is 0 Å². The lowest BCUT2D eigenvalue weighted by atomic mass is 10.0. The molecular formula is C14H20N4. The minimum absolute atomic E-state index is 0.338. The average molecular weight is 244 g/mol. The third-order valence-corrected chi connectivity index (χ3v) is 3.06. The van der Waals surface area contributed by atoms with E-state index in [0.717, 1.165) is 23.3 Å². The molecule has 1 heterocycles. The molecule has 0 saturated heterocycles. The second kappa shape index (κ2) is 5.78. The van der Waals surface area contributed by atoms with Gasteiger partial charge < -0.3 is 11.1 Å². The summed E-state index contributed by atoms with van der Waals surface area (Å²) in [6, 6.07) is 8.22. The Labute approximate surface area is 108 Å². The molecule has 1 aromatic carbocycles. The number of fused-ring (bicyclic) bond motifs is 1. The van der Waals surface area contributed by atoms with E-state index in [1.54, 1.807) is 6.20 Å². The monoisotopic (exact) mass is 244 g/mol. The van der Waals surface area contributed by atoms with Gasteiger partial charge in [-0.25, -0.2) is 4.98 Å². The molecule has 0 aliphatic carbocycles. The van der Waals surface area contributed by atoms with Crippen LogP contribution in [0.1, 0.15) is 20.3 Å². The Kier molecular flexibility index (Phi) is 4.10. The summed E-state index contributed by atoms with van der Waals surface area (Å²) in [5.74, 6) is 1.34. The molecule has 0 fully saturated rings. The molecule has 4 heteroatoms. The van der Waals surface area contributed by atoms with Crippen LogP contribution < -0.4 is 11.1 Å². The largest absolute Gasteiger partial charge is 0.366 e. The van der Waals surface area contributed by atoms with Crippen LogP contribution in [0.2, 0.25) is 0 Å². The van der Waals surface area contributed by atoms with Crippen molar-refractivity contribution >= 4 is 16.9 Å². The highest BCUT2D eigenvalue weighted by Crippen LogP contribution is 2.15. The van der Waals surface area contributed by atoms with E-state index < -0.39 is 0 Å². The first-order valence-corrected chi connectivity index (χ1v) is 6.39. The van der Waals surface area contributed by atoms with E-state index >= 15 is 0 Å². The topological polar surface area (TPSA) is 63.8 Å². The maximum atomic E-state index is 5.64. The Hall–Kier alpha value is -1.68. The van der Waals surface area contributed by atoms with E-state index in [1.807, 2.05) is 24.3 Å². The number of anilines is 1. The molecule has 18 heavy (non-hydrogen) atoms. The van der Waals surface area contributed by atoms with Gasteiger partial charge in [0.1, 0.15) is 5.82 Å². The molecule has 0 spiro atoms. The third kappa shape index (κ3) is 2.96. The zero-order valence-electron chi connectivity index (χ0n) is 10.9. The van der Waals surface area contributed by atoms with E-state index in [2.05, 4.69) is 29.1 Å². The number of hydrogen-bond acceptors (Lipinski definition) is 4. The Bertz CT molecular complexity index is 510. The fourth-order valence-electron chi connectivity index (χ4n) is 1.97. The summed E-state index contributed by atoms with van der Waals surface area (Å²) < 4.78 is 0. The smallest absolute Gasteiger partial charge is 0.145 e. The number of nitrogens with one attached hydrogen (secondary N) is 1. The zero-order valence-corrected chi connectivity index (χ0v) is 10.9. The van der Waals surface area contributed by atoms with E-state index in [9.17, 15) is 0 Å². The van der Waals surface area contributed by atoms with Crippen LogP contribution in [0.3, 0.4) is 0 Å². The Morgan fingerprint density at radius 2 is 1.94 bits per heavy atom. The maximum Gasteiger partial charge on any atom is 0.145 e. The summed E-state index contributed by atoms with van der Waals surface area (Å²) in [5.41, 5.74) is 7.47. The van der Waals surface area contributed by atoms with Crippen molar-refractivity contribution in [2.45, 2.75) is 26.3 Å². The predicted molar refractivity (Wildman–Crippen MR) is 75.5 cm³/mol. The van der Waals surface area contributed by atoms with Crippen molar-refractivity contribution in [2.75, 3.05) is 11.9 Å². The number of aromatic nitrogens is 2. The lowest BCUT2D eigenvalue weighted by Gasteiger charge is -2.22. The quantitative estimate of drug-likeness (QED) is 0.847. The highest BCUT2D eigenvalue weighted by Gasteiger charge is 2.13. The minimum Gasteiger partial charge on any atom is -0.366 e. The fraction of sp³-hybridized carbons (Fsp3) is 0.429. The molecule has 1 atom stereocenters. The Morgan fingerprint density at radius 3 is 2.61 bits per heavy atom. The molecule has 0 aliphatic rings. The van der Waals surface area contributed by atoms with Crippen LogP contribution in [-0.4, -0.2) is 22.6 Å². The Morgan fingerprint density at radius 1 is 1.22 bits per heavy atom. The molecule has 1 unspecified atom stereocenters. The molecule has 0 radical (unpaired) electrons. The van der Waals surface area contributed by atoms with E-state index in [4.69, 9.17) is 5.73 Å². The molecule has 1 aromatic heterocycles. The van der Waals surface area contributed by atoms with E-state index in [1.165, 1.54) is 0 Å². The van der Waals surface area contributed by atoms with E-state index in [0.29, 0.717) is 18.5 Å². The molecule has 96 valence electrons. The third-order valence-electron chi connectivity index (χ3n) is 3.06. The first-order chi connectivity index (χ1) is 8.70. The summed E-state index contributed by atoms with van der Waals surface area (Å²) in [6.45, 7) is 5.04. The second-order valence-corrected chi connectivity index (χ2v) is 4.82. The minimum atomic E-state index is 0.338. The predicted octanol–water partition coefficient (Wildman–Crippen LogP) is 2.42. The molecule has 4 nitrogen and oxygen atoms in total. The van der Waals surface area contributed by atoms with Crippen LogP contribution in [-0.2, 0) is 0 Å². The first kappa shape index (κ1) is 12.8. The number of nitrogens with zero attached hydrogens (tertiary/aromatic N) is 2. The van der Waals surface area contributed by atoms with Crippen LogP contribution in [0.25, 0.3) is 11.0 Å². The molecule has 0 aliphatic heterocycles. The van der Waals surface area contributed by atoms with Crippen LogP contribution in [0.4, 0.5) is 5.82 Å². The normalized spacial score (nSPS) is 12.9. The van der Waals surface area contributed by atoms with Gasteiger partial charge in [-0.1, -0.05) is 26.0 Å². The first-order valence-electron chi connectivity index (χ1n) is 6.39. The highest BCUT2D eigenvalue weighted by atomic mass is 15.0. The summed E-state index contributed by atoms with van der Waals surface area (Å²) in [4.78, 5) is 8.96. The van der Waals surface area contributed by atoms with Crippen molar-refractivity contribution in [1.29, 1.82) is 0 Å². The molecular weight excluding hydrogens is 224 g/mol. The van der Waals surface area contributed by atoms with Gasteiger partial charge in [0.15, 0.2) is 0 Å². The number of hydrogen-bond donors (Lipinski definition) is 2. The standard InChI is InChI=1S/C14H20N4/c1-10(2)11(7-8-15)17-14-9-16-12-5-3-4-6-13(12)18-14/h3-6,9-11H,7-8,15H2,1-2H3,(H,17,18). The molecule has 0 amide bonds. The molecule has 2 aromatic rings. The van der Waals surface area contributed by atoms with Crippen LogP contribution in [0, 0.1) is 5.92 Å². The molecule has 3 N–H and O–H groups in total. The lowest BCUT2D eigenvalue weighted by molar-refractivity contribution is 0.497. The van der Waals surface area contributed by atoms with Gasteiger partial charge in [-0.05, 0) is 31.0 Å². The van der Waals surface area contributed by atoms with Crippen molar-refractivity contribution in [3.8, 4) is 0 Å². The summed E-state index contributed by atoms with van der Waals surface area (Å²) >= 11 is 0. The van der Waals surface area contributed by atoms with Crippen LogP contribution in [0.5, 0.6) is 0 Å². The van der Waals surface area contributed by atoms with Gasteiger partial charge in [0, 0.05) is 6.04 Å². The van der Waals surface area contributed by atoms with Crippen molar-refractivity contribution in [3.63, 3.8) is 0 Å². The summed E-state index contributed by atoms with van der Waals surface area (Å²) in [6.07, 6.45) is 2.72. The summed E-state index contributed by atoms with van der Waals surface area (Å²) in [5, 5.41) is 3.42. The zero-order chi connectivity index (χ0) is 13.0. The van der Waals surface area contributed by atoms with Crippen LogP contribution >= 0.6 is 0 Å². The van der Waals surface area contributed by atoms with E-state index in [-0.39, 0.29) is 0 Å². The molecule has 0 saturated carbocycles. The number of para-hydroxylation sites is 2. The Balaban J connectivity index is 2.20. The van der Waals surface area contributed by atoms with Crippen LogP contribution in [0.15, 0.2) is 30.5 Å². The average Bonchev–Trinajstić information content (AvgIpc) is 2.38. The number of benzene rings is 1. The van der Waals surface area contributed by atoms with Gasteiger partial charge in [0.25, 0.3) is 0 Å². The van der Waals surface area contributed by atoms with Crippen molar-refractivity contribution in [2.24, 2.45) is 11.7 Å². The van der Waals surface area contributed by atoms with Gasteiger partial charge in [-0.2, -0.15) is 0 Å². The number of nitrogens with two attached hydrogens (primary N) is 1. The maximum absolute atomic E-state index is 5.64. The van der Waals surface area contributed by atoms with Gasteiger partial charge in [-0.3, -0.25) is 4.98 Å². The van der Waals surface area contributed by atoms with Gasteiger partial charge >= 0.3 is 0 Å². The SMILES string of the molecule is CC(C)C(CCN)Nc1cnc2ccccc2n1. The van der Waals surface area contributed by atoms with Crippen molar-refractivity contribution in [3.05, 3.63) is 30.5 Å². The summed E-state index contributed by atoms with van der Waals surface area (Å²) in [7, 11) is 0. The van der Waals surface area contributed by atoms with Gasteiger partial charge in [-0.15, -0.1) is 0 Å². The molecule has 0 bridgehead atoms. The van der Waals surface area contributed by atoms with Gasteiger partial charge in [0.05, 0.1) is 17.2 Å². The van der Waals surface area contributed by atoms with Gasteiger partial charge in [0.2, 0.25) is 0 Å². The lowest BCUT2D eigenvalue weighted by Crippen LogP contribution is -2.28. The highest BCUT2D eigenvalue weighted by molar-refractivity contribution is 5.75. The second-order valence-electron chi connectivity index (χ2n) is 4.82. The molecule has 2 rings (SSSR count). The van der Waals surface area contributed by atoms with Crippen molar-refractivity contribution in [1.82, 2.24) is 9.97 Å².